The molecule has 2 aromatic rings. The molecule has 0 spiro atoms. The summed E-state index contributed by atoms with van der Waals surface area (Å²) in [7, 11) is 0. The van der Waals surface area contributed by atoms with Gasteiger partial charge >= 0.3 is 0 Å². The Morgan fingerprint density at radius 2 is 2.11 bits per heavy atom. The SMILES string of the molecule is CC(NCC1COc2ccccc2O1)c1cccs1. The third kappa shape index (κ3) is 2.91. The van der Waals surface area contributed by atoms with Gasteiger partial charge in [0.1, 0.15) is 12.7 Å². The van der Waals surface area contributed by atoms with E-state index in [2.05, 4.69) is 29.8 Å². The van der Waals surface area contributed by atoms with Crippen molar-refractivity contribution < 1.29 is 9.47 Å². The fourth-order valence-electron chi connectivity index (χ4n) is 2.11. The molecule has 2 heterocycles. The van der Waals surface area contributed by atoms with Crippen LogP contribution in [0.25, 0.3) is 0 Å². The summed E-state index contributed by atoms with van der Waals surface area (Å²) in [5.41, 5.74) is 0. The Morgan fingerprint density at radius 1 is 1.26 bits per heavy atom. The summed E-state index contributed by atoms with van der Waals surface area (Å²) in [6.45, 7) is 3.55. The van der Waals surface area contributed by atoms with Gasteiger partial charge in [0.2, 0.25) is 0 Å². The maximum Gasteiger partial charge on any atom is 0.161 e. The van der Waals surface area contributed by atoms with Gasteiger partial charge < -0.3 is 14.8 Å². The molecule has 3 rings (SSSR count). The number of fused-ring (bicyclic) bond motifs is 1. The molecule has 1 aliphatic rings. The molecular formula is C15H17NO2S. The average Bonchev–Trinajstić information content (AvgIpc) is 2.99. The maximum absolute atomic E-state index is 5.92. The molecule has 2 atom stereocenters. The largest absolute Gasteiger partial charge is 0.486 e. The van der Waals surface area contributed by atoms with E-state index < -0.39 is 0 Å². The number of thiophene rings is 1. The number of hydrogen-bond acceptors (Lipinski definition) is 4. The molecule has 1 aromatic heterocycles. The zero-order valence-corrected chi connectivity index (χ0v) is 11.7. The van der Waals surface area contributed by atoms with E-state index in [0.29, 0.717) is 12.6 Å². The molecule has 1 aromatic carbocycles. The highest BCUT2D eigenvalue weighted by atomic mass is 32.1. The van der Waals surface area contributed by atoms with Crippen molar-refractivity contribution in [2.45, 2.75) is 19.1 Å². The maximum atomic E-state index is 5.92. The van der Waals surface area contributed by atoms with Crippen molar-refractivity contribution in [2.24, 2.45) is 0 Å². The Hall–Kier alpha value is -1.52. The molecule has 0 saturated heterocycles. The van der Waals surface area contributed by atoms with E-state index in [9.17, 15) is 0 Å². The first kappa shape index (κ1) is 12.5. The van der Waals surface area contributed by atoms with Crippen molar-refractivity contribution in [2.75, 3.05) is 13.2 Å². The minimum atomic E-state index is 0.0670. The predicted molar refractivity (Wildman–Crippen MR) is 77.1 cm³/mol. The van der Waals surface area contributed by atoms with Crippen LogP contribution in [0.15, 0.2) is 41.8 Å². The fourth-order valence-corrected chi connectivity index (χ4v) is 2.87. The van der Waals surface area contributed by atoms with Crippen LogP contribution in [0.3, 0.4) is 0 Å². The van der Waals surface area contributed by atoms with Gasteiger partial charge in [0.25, 0.3) is 0 Å². The van der Waals surface area contributed by atoms with Crippen LogP contribution in [0.2, 0.25) is 0 Å². The zero-order chi connectivity index (χ0) is 13.1. The Labute approximate surface area is 117 Å². The second kappa shape index (κ2) is 5.63. The number of nitrogens with one attached hydrogen (secondary N) is 1. The Morgan fingerprint density at radius 3 is 2.89 bits per heavy atom. The third-order valence-electron chi connectivity index (χ3n) is 3.19. The van der Waals surface area contributed by atoms with Crippen LogP contribution in [-0.2, 0) is 0 Å². The van der Waals surface area contributed by atoms with E-state index in [4.69, 9.17) is 9.47 Å². The van der Waals surface area contributed by atoms with Crippen LogP contribution >= 0.6 is 11.3 Å². The smallest absolute Gasteiger partial charge is 0.161 e. The van der Waals surface area contributed by atoms with Gasteiger partial charge in [-0.15, -0.1) is 11.3 Å². The van der Waals surface area contributed by atoms with Gasteiger partial charge in [-0.2, -0.15) is 0 Å². The molecule has 2 unspecified atom stereocenters. The highest BCUT2D eigenvalue weighted by Crippen LogP contribution is 2.30. The Bertz CT molecular complexity index is 527. The number of rotatable bonds is 4. The third-order valence-corrected chi connectivity index (χ3v) is 4.24. The number of ether oxygens (including phenoxy) is 2. The van der Waals surface area contributed by atoms with Crippen molar-refractivity contribution in [3.63, 3.8) is 0 Å². The van der Waals surface area contributed by atoms with Crippen LogP contribution in [0.4, 0.5) is 0 Å². The molecule has 0 fully saturated rings. The molecule has 1 aliphatic heterocycles. The molecule has 100 valence electrons. The molecule has 4 heteroatoms. The average molecular weight is 275 g/mol. The number of para-hydroxylation sites is 2. The molecule has 0 bridgehead atoms. The minimum absolute atomic E-state index is 0.0670. The molecule has 0 amide bonds. The van der Waals surface area contributed by atoms with E-state index in [0.717, 1.165) is 18.0 Å². The summed E-state index contributed by atoms with van der Waals surface area (Å²) in [5.74, 6) is 1.68. The zero-order valence-electron chi connectivity index (χ0n) is 10.8. The molecule has 3 nitrogen and oxygen atoms in total. The summed E-state index contributed by atoms with van der Waals surface area (Å²) < 4.78 is 11.6. The number of benzene rings is 1. The standard InChI is InChI=1S/C15H17NO2S/c1-11(15-7-4-8-19-15)16-9-12-10-17-13-5-2-3-6-14(13)18-12/h2-8,11-12,16H,9-10H2,1H3. The molecular weight excluding hydrogens is 258 g/mol. The molecule has 0 saturated carbocycles. The second-order valence-electron chi connectivity index (χ2n) is 4.64. The van der Waals surface area contributed by atoms with Gasteiger partial charge in [0, 0.05) is 17.5 Å². The van der Waals surface area contributed by atoms with Gasteiger partial charge in [-0.25, -0.2) is 0 Å². The van der Waals surface area contributed by atoms with Gasteiger partial charge in [0.05, 0.1) is 0 Å². The summed E-state index contributed by atoms with van der Waals surface area (Å²) in [6.07, 6.45) is 0.0670. The molecule has 0 aliphatic carbocycles. The van der Waals surface area contributed by atoms with Crippen LogP contribution < -0.4 is 14.8 Å². The van der Waals surface area contributed by atoms with Crippen molar-refractivity contribution in [1.29, 1.82) is 0 Å². The van der Waals surface area contributed by atoms with Gasteiger partial charge in [-0.05, 0) is 30.5 Å². The van der Waals surface area contributed by atoms with Gasteiger partial charge in [-0.1, -0.05) is 18.2 Å². The van der Waals surface area contributed by atoms with E-state index in [1.165, 1.54) is 4.88 Å². The lowest BCUT2D eigenvalue weighted by Gasteiger charge is -2.27. The summed E-state index contributed by atoms with van der Waals surface area (Å²) >= 11 is 1.77. The highest BCUT2D eigenvalue weighted by Gasteiger charge is 2.21. The topological polar surface area (TPSA) is 30.5 Å². The molecule has 19 heavy (non-hydrogen) atoms. The summed E-state index contributed by atoms with van der Waals surface area (Å²) in [5, 5.41) is 5.59. The van der Waals surface area contributed by atoms with E-state index in [1.807, 2.05) is 24.3 Å². The monoisotopic (exact) mass is 275 g/mol. The first-order chi connectivity index (χ1) is 9.33. The minimum Gasteiger partial charge on any atom is -0.486 e. The lowest BCUT2D eigenvalue weighted by Crippen LogP contribution is -2.39. The van der Waals surface area contributed by atoms with Gasteiger partial charge in [0.15, 0.2) is 11.5 Å². The summed E-state index contributed by atoms with van der Waals surface area (Å²) in [6, 6.07) is 12.4. The van der Waals surface area contributed by atoms with Gasteiger partial charge in [-0.3, -0.25) is 0 Å². The molecule has 1 N–H and O–H groups in total. The Balaban J connectivity index is 1.55. The Kier molecular flexibility index (Phi) is 3.71. The first-order valence-corrected chi connectivity index (χ1v) is 7.36. The fraction of sp³-hybridized carbons (Fsp3) is 0.333. The van der Waals surface area contributed by atoms with Crippen molar-refractivity contribution in [1.82, 2.24) is 5.32 Å². The van der Waals surface area contributed by atoms with E-state index in [-0.39, 0.29) is 6.10 Å². The van der Waals surface area contributed by atoms with Crippen LogP contribution in [0.1, 0.15) is 17.8 Å². The van der Waals surface area contributed by atoms with Crippen LogP contribution in [0.5, 0.6) is 11.5 Å². The van der Waals surface area contributed by atoms with E-state index >= 15 is 0 Å². The second-order valence-corrected chi connectivity index (χ2v) is 5.62. The lowest BCUT2D eigenvalue weighted by molar-refractivity contribution is 0.0887. The van der Waals surface area contributed by atoms with E-state index in [1.54, 1.807) is 11.3 Å². The quantitative estimate of drug-likeness (QED) is 0.929. The summed E-state index contributed by atoms with van der Waals surface area (Å²) in [4.78, 5) is 1.34. The van der Waals surface area contributed by atoms with Crippen molar-refractivity contribution in [3.8, 4) is 11.5 Å². The number of hydrogen-bond donors (Lipinski definition) is 1. The van der Waals surface area contributed by atoms with Crippen molar-refractivity contribution in [3.05, 3.63) is 46.7 Å². The predicted octanol–water partition coefficient (Wildman–Crippen LogP) is 3.24. The molecule has 0 radical (unpaired) electrons. The van der Waals surface area contributed by atoms with Crippen LogP contribution in [0, 0.1) is 0 Å². The normalized spacial score (nSPS) is 19.1. The van der Waals surface area contributed by atoms with Crippen molar-refractivity contribution >= 4 is 11.3 Å². The highest BCUT2D eigenvalue weighted by molar-refractivity contribution is 7.10. The van der Waals surface area contributed by atoms with Crippen LogP contribution in [-0.4, -0.2) is 19.3 Å². The lowest BCUT2D eigenvalue weighted by atomic mass is 10.2. The first-order valence-electron chi connectivity index (χ1n) is 6.48.